The lowest BCUT2D eigenvalue weighted by Crippen LogP contribution is -2.15. The molecule has 0 aliphatic rings. The van der Waals surface area contributed by atoms with Gasteiger partial charge in [0.25, 0.3) is 5.69 Å². The molecule has 0 bridgehead atoms. The summed E-state index contributed by atoms with van der Waals surface area (Å²) in [4.78, 5) is 16.1. The molecular weight excluding hydrogens is 262 g/mol. The van der Waals surface area contributed by atoms with Crippen LogP contribution in [0.25, 0.3) is 0 Å². The average Bonchev–Trinajstić information content (AvgIpc) is 2.14. The standard InChI is InChI=1S/C9H12BrN3O2/c1-12(2)4-3-7-5-9(10)11-6-8(7)13(14)15/h5-6H,3-4H2,1-2H3. The predicted octanol–water partition coefficient (Wildman–Crippen LogP) is 1.86. The van der Waals surface area contributed by atoms with E-state index in [4.69, 9.17) is 0 Å². The van der Waals surface area contributed by atoms with Crippen LogP contribution in [0.4, 0.5) is 5.69 Å². The summed E-state index contributed by atoms with van der Waals surface area (Å²) >= 11 is 3.21. The topological polar surface area (TPSA) is 59.3 Å². The molecule has 0 aromatic carbocycles. The molecule has 0 aliphatic carbocycles. The SMILES string of the molecule is CN(C)CCc1cc(Br)ncc1[N+](=O)[O-]. The van der Waals surface area contributed by atoms with E-state index in [0.717, 1.165) is 6.54 Å². The van der Waals surface area contributed by atoms with Gasteiger partial charge in [0, 0.05) is 12.1 Å². The van der Waals surface area contributed by atoms with Crippen LogP contribution in [0.5, 0.6) is 0 Å². The van der Waals surface area contributed by atoms with E-state index in [-0.39, 0.29) is 5.69 Å². The molecule has 1 rings (SSSR count). The highest BCUT2D eigenvalue weighted by molar-refractivity contribution is 9.10. The summed E-state index contributed by atoms with van der Waals surface area (Å²) in [6.45, 7) is 0.775. The highest BCUT2D eigenvalue weighted by Crippen LogP contribution is 2.21. The van der Waals surface area contributed by atoms with Gasteiger partial charge >= 0.3 is 0 Å². The van der Waals surface area contributed by atoms with Gasteiger partial charge in [-0.25, -0.2) is 4.98 Å². The zero-order chi connectivity index (χ0) is 11.4. The summed E-state index contributed by atoms with van der Waals surface area (Å²) in [6.07, 6.45) is 1.93. The van der Waals surface area contributed by atoms with Gasteiger partial charge in [-0.05, 0) is 42.5 Å². The third-order valence-corrected chi connectivity index (χ3v) is 2.39. The second-order valence-electron chi connectivity index (χ2n) is 3.45. The number of nitrogens with zero attached hydrogens (tertiary/aromatic N) is 3. The second-order valence-corrected chi connectivity index (χ2v) is 4.26. The van der Waals surface area contributed by atoms with Crippen LogP contribution >= 0.6 is 15.9 Å². The van der Waals surface area contributed by atoms with Crippen LogP contribution in [0.1, 0.15) is 5.56 Å². The van der Waals surface area contributed by atoms with Crippen LogP contribution in [0.3, 0.4) is 0 Å². The van der Waals surface area contributed by atoms with E-state index in [2.05, 4.69) is 20.9 Å². The lowest BCUT2D eigenvalue weighted by molar-refractivity contribution is -0.385. The number of hydrogen-bond donors (Lipinski definition) is 0. The molecule has 1 aromatic rings. The van der Waals surface area contributed by atoms with Gasteiger partial charge in [-0.2, -0.15) is 0 Å². The molecule has 0 spiro atoms. The summed E-state index contributed by atoms with van der Waals surface area (Å²) in [5.74, 6) is 0. The normalized spacial score (nSPS) is 10.7. The zero-order valence-corrected chi connectivity index (χ0v) is 10.2. The molecule has 0 unspecified atom stereocenters. The zero-order valence-electron chi connectivity index (χ0n) is 8.61. The Kier molecular flexibility index (Phi) is 4.16. The van der Waals surface area contributed by atoms with Crippen molar-refractivity contribution in [2.24, 2.45) is 0 Å². The minimum absolute atomic E-state index is 0.0834. The molecule has 5 nitrogen and oxygen atoms in total. The lowest BCUT2D eigenvalue weighted by Gasteiger charge is -2.09. The maximum Gasteiger partial charge on any atom is 0.290 e. The minimum atomic E-state index is -0.398. The van der Waals surface area contributed by atoms with Crippen LogP contribution in [0.2, 0.25) is 0 Å². The fourth-order valence-corrected chi connectivity index (χ4v) is 1.55. The summed E-state index contributed by atoms with van der Waals surface area (Å²) in [6, 6.07) is 1.70. The molecule has 6 heteroatoms. The number of halogens is 1. The molecule has 0 saturated heterocycles. The van der Waals surface area contributed by atoms with E-state index < -0.39 is 4.92 Å². The van der Waals surface area contributed by atoms with Crippen LogP contribution < -0.4 is 0 Å². The fourth-order valence-electron chi connectivity index (χ4n) is 1.17. The van der Waals surface area contributed by atoms with Gasteiger partial charge in [0.2, 0.25) is 0 Å². The molecule has 0 atom stereocenters. The summed E-state index contributed by atoms with van der Waals surface area (Å²) < 4.78 is 0.627. The number of likely N-dealkylation sites (N-methyl/N-ethyl adjacent to an activating group) is 1. The Balaban J connectivity index is 2.92. The summed E-state index contributed by atoms with van der Waals surface area (Å²) in [5, 5.41) is 10.7. The van der Waals surface area contributed by atoms with E-state index in [0.29, 0.717) is 16.6 Å². The van der Waals surface area contributed by atoms with Gasteiger partial charge in [-0.3, -0.25) is 10.1 Å². The highest BCUT2D eigenvalue weighted by Gasteiger charge is 2.14. The Labute approximate surface area is 96.4 Å². The molecule has 15 heavy (non-hydrogen) atoms. The monoisotopic (exact) mass is 273 g/mol. The smallest absolute Gasteiger partial charge is 0.290 e. The Bertz CT molecular complexity index is 368. The van der Waals surface area contributed by atoms with Gasteiger partial charge in [0.1, 0.15) is 10.8 Å². The molecule has 1 heterocycles. The molecule has 0 fully saturated rings. The quantitative estimate of drug-likeness (QED) is 0.477. The predicted molar refractivity (Wildman–Crippen MR) is 60.8 cm³/mol. The number of nitro groups is 1. The minimum Gasteiger partial charge on any atom is -0.309 e. The molecule has 0 N–H and O–H groups in total. The van der Waals surface area contributed by atoms with Crippen molar-refractivity contribution in [3.63, 3.8) is 0 Å². The van der Waals surface area contributed by atoms with Gasteiger partial charge in [-0.1, -0.05) is 0 Å². The largest absolute Gasteiger partial charge is 0.309 e. The van der Waals surface area contributed by atoms with Crippen molar-refractivity contribution in [3.05, 3.63) is 32.5 Å². The summed E-state index contributed by atoms with van der Waals surface area (Å²) in [7, 11) is 3.87. The number of rotatable bonds is 4. The lowest BCUT2D eigenvalue weighted by atomic mass is 10.1. The van der Waals surface area contributed by atoms with Crippen molar-refractivity contribution in [1.29, 1.82) is 0 Å². The van der Waals surface area contributed by atoms with Crippen LogP contribution in [-0.2, 0) is 6.42 Å². The van der Waals surface area contributed by atoms with E-state index in [1.54, 1.807) is 6.07 Å². The number of hydrogen-bond acceptors (Lipinski definition) is 4. The average molecular weight is 274 g/mol. The van der Waals surface area contributed by atoms with Crippen molar-refractivity contribution in [2.75, 3.05) is 20.6 Å². The van der Waals surface area contributed by atoms with E-state index in [9.17, 15) is 10.1 Å². The molecule has 1 aromatic heterocycles. The van der Waals surface area contributed by atoms with Crippen LogP contribution in [0, 0.1) is 10.1 Å². The molecule has 0 amide bonds. The Hall–Kier alpha value is -1.01. The molecule has 0 aliphatic heterocycles. The van der Waals surface area contributed by atoms with E-state index >= 15 is 0 Å². The molecule has 0 radical (unpaired) electrons. The van der Waals surface area contributed by atoms with Gasteiger partial charge in [-0.15, -0.1) is 0 Å². The van der Waals surface area contributed by atoms with Crippen LogP contribution in [0.15, 0.2) is 16.9 Å². The van der Waals surface area contributed by atoms with Crippen molar-refractivity contribution in [1.82, 2.24) is 9.88 Å². The van der Waals surface area contributed by atoms with Crippen LogP contribution in [-0.4, -0.2) is 35.4 Å². The maximum absolute atomic E-state index is 10.7. The third kappa shape index (κ3) is 3.56. The van der Waals surface area contributed by atoms with Crippen molar-refractivity contribution < 1.29 is 4.92 Å². The number of pyridine rings is 1. The second kappa shape index (κ2) is 5.18. The first-order valence-corrected chi connectivity index (χ1v) is 5.23. The Morgan fingerprint density at radius 3 is 2.80 bits per heavy atom. The fraction of sp³-hybridized carbons (Fsp3) is 0.444. The number of aromatic nitrogens is 1. The Morgan fingerprint density at radius 1 is 1.60 bits per heavy atom. The Morgan fingerprint density at radius 2 is 2.27 bits per heavy atom. The van der Waals surface area contributed by atoms with Crippen molar-refractivity contribution >= 4 is 21.6 Å². The first kappa shape index (κ1) is 12.1. The van der Waals surface area contributed by atoms with Crippen molar-refractivity contribution in [3.8, 4) is 0 Å². The third-order valence-electron chi connectivity index (χ3n) is 1.96. The first-order valence-electron chi connectivity index (χ1n) is 4.44. The van der Waals surface area contributed by atoms with Gasteiger partial charge in [0.05, 0.1) is 4.92 Å². The van der Waals surface area contributed by atoms with E-state index in [1.807, 2.05) is 19.0 Å². The van der Waals surface area contributed by atoms with E-state index in [1.165, 1.54) is 6.20 Å². The first-order chi connectivity index (χ1) is 7.00. The molecule has 0 saturated carbocycles. The summed E-state index contributed by atoms with van der Waals surface area (Å²) in [5.41, 5.74) is 0.788. The molecular formula is C9H12BrN3O2. The highest BCUT2D eigenvalue weighted by atomic mass is 79.9. The van der Waals surface area contributed by atoms with Crippen molar-refractivity contribution in [2.45, 2.75) is 6.42 Å². The van der Waals surface area contributed by atoms with Gasteiger partial charge in [0.15, 0.2) is 0 Å². The maximum atomic E-state index is 10.7. The van der Waals surface area contributed by atoms with Gasteiger partial charge < -0.3 is 4.90 Å². The molecule has 82 valence electrons.